The molecule has 0 radical (unpaired) electrons. The highest BCUT2D eigenvalue weighted by atomic mass is 16.2. The average Bonchev–Trinajstić information content (AvgIpc) is 3.04. The van der Waals surface area contributed by atoms with Gasteiger partial charge in [0.25, 0.3) is 0 Å². The number of carbonyl (C=O) groups is 1. The van der Waals surface area contributed by atoms with Gasteiger partial charge in [-0.25, -0.2) is 4.98 Å². The molecule has 110 valence electrons. The molecule has 1 saturated carbocycles. The second-order valence-electron chi connectivity index (χ2n) is 6.30. The molecule has 1 heterocycles. The van der Waals surface area contributed by atoms with Crippen LogP contribution >= 0.6 is 0 Å². The monoisotopic (exact) mass is 275 g/mol. The number of imidazole rings is 1. The molecule has 3 rings (SSSR count). The number of hydrogen-bond acceptors (Lipinski definition) is 2. The number of aryl methyl sites for hydroxylation is 2. The molecular formula is C16H25N3O. The summed E-state index contributed by atoms with van der Waals surface area (Å²) in [7, 11) is 0. The van der Waals surface area contributed by atoms with E-state index in [1.807, 2.05) is 13.8 Å². The lowest BCUT2D eigenvalue weighted by atomic mass is 10.0. The molecule has 0 aromatic carbocycles. The predicted molar refractivity (Wildman–Crippen MR) is 78.7 cm³/mol. The van der Waals surface area contributed by atoms with Gasteiger partial charge in [-0.2, -0.15) is 0 Å². The van der Waals surface area contributed by atoms with Crippen molar-refractivity contribution in [2.45, 2.75) is 77.3 Å². The third-order valence-electron chi connectivity index (χ3n) is 4.81. The van der Waals surface area contributed by atoms with E-state index in [0.717, 1.165) is 31.5 Å². The molecule has 4 heteroatoms. The average molecular weight is 275 g/mol. The van der Waals surface area contributed by atoms with Gasteiger partial charge in [0.1, 0.15) is 11.9 Å². The standard InChI is InChI=1S/C16H25N3O/c1-11(16(20)18-13-7-3-4-8-13)19-12(2)17-14-9-5-6-10-15(14)19/h11,13H,3-10H2,1-2H3,(H,18,20). The first-order valence-electron chi connectivity index (χ1n) is 8.04. The second kappa shape index (κ2) is 5.58. The van der Waals surface area contributed by atoms with Crippen LogP contribution < -0.4 is 5.32 Å². The van der Waals surface area contributed by atoms with E-state index in [-0.39, 0.29) is 11.9 Å². The van der Waals surface area contributed by atoms with Gasteiger partial charge in [-0.1, -0.05) is 12.8 Å². The molecule has 2 aliphatic rings. The van der Waals surface area contributed by atoms with Crippen LogP contribution in [0.1, 0.15) is 68.7 Å². The Balaban J connectivity index is 1.77. The highest BCUT2D eigenvalue weighted by Gasteiger charge is 2.26. The SMILES string of the molecule is Cc1nc2c(n1C(C)C(=O)NC1CCCC1)CCCC2. The van der Waals surface area contributed by atoms with Crippen LogP contribution in [0.15, 0.2) is 0 Å². The Morgan fingerprint density at radius 2 is 1.95 bits per heavy atom. The van der Waals surface area contributed by atoms with Crippen molar-refractivity contribution in [3.8, 4) is 0 Å². The van der Waals surface area contributed by atoms with Gasteiger partial charge in [0.15, 0.2) is 0 Å². The Hall–Kier alpha value is -1.32. The summed E-state index contributed by atoms with van der Waals surface area (Å²) in [6.45, 7) is 4.03. The molecular weight excluding hydrogens is 250 g/mol. The maximum Gasteiger partial charge on any atom is 0.243 e. The third-order valence-corrected chi connectivity index (χ3v) is 4.81. The summed E-state index contributed by atoms with van der Waals surface area (Å²) >= 11 is 0. The topological polar surface area (TPSA) is 46.9 Å². The molecule has 1 atom stereocenters. The fraction of sp³-hybridized carbons (Fsp3) is 0.750. The zero-order valence-corrected chi connectivity index (χ0v) is 12.6. The normalized spacial score (nSPS) is 20.7. The number of aromatic nitrogens is 2. The smallest absolute Gasteiger partial charge is 0.243 e. The summed E-state index contributed by atoms with van der Waals surface area (Å²) < 4.78 is 2.17. The largest absolute Gasteiger partial charge is 0.352 e. The number of nitrogens with one attached hydrogen (secondary N) is 1. The van der Waals surface area contributed by atoms with Crippen molar-refractivity contribution in [1.29, 1.82) is 0 Å². The Morgan fingerprint density at radius 1 is 1.25 bits per heavy atom. The molecule has 1 aromatic rings. The molecule has 0 bridgehead atoms. The quantitative estimate of drug-likeness (QED) is 0.922. The summed E-state index contributed by atoms with van der Waals surface area (Å²) in [4.78, 5) is 17.1. The second-order valence-corrected chi connectivity index (χ2v) is 6.30. The first kappa shape index (κ1) is 13.7. The number of nitrogens with zero attached hydrogens (tertiary/aromatic N) is 2. The number of hydrogen-bond donors (Lipinski definition) is 1. The zero-order valence-electron chi connectivity index (χ0n) is 12.6. The molecule has 1 amide bonds. The van der Waals surface area contributed by atoms with Crippen molar-refractivity contribution < 1.29 is 4.79 Å². The van der Waals surface area contributed by atoms with Crippen molar-refractivity contribution >= 4 is 5.91 Å². The molecule has 1 aromatic heterocycles. The lowest BCUT2D eigenvalue weighted by molar-refractivity contribution is -0.124. The maximum absolute atomic E-state index is 12.5. The minimum atomic E-state index is -0.134. The summed E-state index contributed by atoms with van der Waals surface area (Å²) in [5.41, 5.74) is 2.51. The third kappa shape index (κ3) is 2.48. The van der Waals surface area contributed by atoms with E-state index in [4.69, 9.17) is 0 Å². The molecule has 20 heavy (non-hydrogen) atoms. The minimum Gasteiger partial charge on any atom is -0.352 e. The van der Waals surface area contributed by atoms with Crippen LogP contribution in [0.5, 0.6) is 0 Å². The Kier molecular flexibility index (Phi) is 3.81. The van der Waals surface area contributed by atoms with E-state index in [2.05, 4.69) is 14.9 Å². The molecule has 2 aliphatic carbocycles. The van der Waals surface area contributed by atoms with Gasteiger partial charge in [-0.3, -0.25) is 4.79 Å². The van der Waals surface area contributed by atoms with Gasteiger partial charge in [0, 0.05) is 11.7 Å². The van der Waals surface area contributed by atoms with Crippen molar-refractivity contribution in [3.63, 3.8) is 0 Å². The van der Waals surface area contributed by atoms with Gasteiger partial charge in [0.05, 0.1) is 5.69 Å². The van der Waals surface area contributed by atoms with Gasteiger partial charge >= 0.3 is 0 Å². The maximum atomic E-state index is 12.5. The van der Waals surface area contributed by atoms with Gasteiger partial charge in [0.2, 0.25) is 5.91 Å². The van der Waals surface area contributed by atoms with Gasteiger partial charge in [-0.15, -0.1) is 0 Å². The van der Waals surface area contributed by atoms with Crippen LogP contribution in [0.4, 0.5) is 0 Å². The summed E-state index contributed by atoms with van der Waals surface area (Å²) in [5, 5.41) is 3.21. The van der Waals surface area contributed by atoms with Crippen molar-refractivity contribution in [2.75, 3.05) is 0 Å². The van der Waals surface area contributed by atoms with Gasteiger partial charge < -0.3 is 9.88 Å². The highest BCUT2D eigenvalue weighted by molar-refractivity contribution is 5.80. The Morgan fingerprint density at radius 3 is 2.70 bits per heavy atom. The summed E-state index contributed by atoms with van der Waals surface area (Å²) in [6.07, 6.45) is 9.36. The van der Waals surface area contributed by atoms with Crippen LogP contribution in [0, 0.1) is 6.92 Å². The van der Waals surface area contributed by atoms with Crippen molar-refractivity contribution in [3.05, 3.63) is 17.2 Å². The highest BCUT2D eigenvalue weighted by Crippen LogP contribution is 2.26. The van der Waals surface area contributed by atoms with Crippen molar-refractivity contribution in [1.82, 2.24) is 14.9 Å². The zero-order chi connectivity index (χ0) is 14.1. The fourth-order valence-corrected chi connectivity index (χ4v) is 3.72. The number of amides is 1. The molecule has 0 aliphatic heterocycles. The summed E-state index contributed by atoms with van der Waals surface area (Å²) in [5.74, 6) is 1.15. The first-order valence-corrected chi connectivity index (χ1v) is 8.04. The van der Waals surface area contributed by atoms with Crippen LogP contribution in [0.2, 0.25) is 0 Å². The van der Waals surface area contributed by atoms with E-state index in [1.165, 1.54) is 37.1 Å². The van der Waals surface area contributed by atoms with E-state index in [0.29, 0.717) is 6.04 Å². The van der Waals surface area contributed by atoms with E-state index in [1.54, 1.807) is 0 Å². The molecule has 4 nitrogen and oxygen atoms in total. The Bertz CT molecular complexity index is 500. The van der Waals surface area contributed by atoms with Crippen LogP contribution in [-0.2, 0) is 17.6 Å². The molecule has 1 fully saturated rings. The number of carbonyl (C=O) groups excluding carboxylic acids is 1. The van der Waals surface area contributed by atoms with Gasteiger partial charge in [-0.05, 0) is 52.4 Å². The molecule has 1 unspecified atom stereocenters. The number of fused-ring (bicyclic) bond motifs is 1. The van der Waals surface area contributed by atoms with Crippen LogP contribution in [0.25, 0.3) is 0 Å². The number of rotatable bonds is 3. The predicted octanol–water partition coefficient (Wildman–Crippen LogP) is 2.69. The van der Waals surface area contributed by atoms with E-state index >= 15 is 0 Å². The van der Waals surface area contributed by atoms with E-state index < -0.39 is 0 Å². The first-order chi connectivity index (χ1) is 9.66. The lowest BCUT2D eigenvalue weighted by Crippen LogP contribution is -2.38. The Labute approximate surface area is 121 Å². The van der Waals surface area contributed by atoms with Crippen molar-refractivity contribution in [2.24, 2.45) is 0 Å². The lowest BCUT2D eigenvalue weighted by Gasteiger charge is -2.22. The summed E-state index contributed by atoms with van der Waals surface area (Å²) in [6, 6.07) is 0.259. The fourth-order valence-electron chi connectivity index (χ4n) is 3.72. The van der Waals surface area contributed by atoms with Crippen LogP contribution in [0.3, 0.4) is 0 Å². The molecule has 1 N–H and O–H groups in total. The minimum absolute atomic E-state index is 0.134. The molecule has 0 saturated heterocycles. The molecule has 0 spiro atoms. The van der Waals surface area contributed by atoms with Crippen LogP contribution in [-0.4, -0.2) is 21.5 Å². The van der Waals surface area contributed by atoms with E-state index in [9.17, 15) is 4.79 Å².